The summed E-state index contributed by atoms with van der Waals surface area (Å²) >= 11 is 5.99. The average Bonchev–Trinajstić information content (AvgIpc) is 3.27. The third kappa shape index (κ3) is 3.50. The summed E-state index contributed by atoms with van der Waals surface area (Å²) in [5.74, 6) is 0.728. The van der Waals surface area contributed by atoms with Crippen LogP contribution < -0.4 is 10.2 Å². The first-order chi connectivity index (χ1) is 9.52. The van der Waals surface area contributed by atoms with Crippen LogP contribution >= 0.6 is 11.6 Å². The Balaban J connectivity index is 2.01. The van der Waals surface area contributed by atoms with Crippen molar-refractivity contribution in [3.05, 3.63) is 28.8 Å². The maximum Gasteiger partial charge on any atom is 0.243 e. The number of amides is 1. The van der Waals surface area contributed by atoms with Gasteiger partial charge in [-0.05, 0) is 50.4 Å². The van der Waals surface area contributed by atoms with E-state index in [0.717, 1.165) is 12.5 Å². The SMILES string of the molecule is C[C@H](NCC1CC1)C(=O)N(C)c1ccc(C#N)c(Cl)c1. The molecule has 0 aliphatic heterocycles. The minimum atomic E-state index is -0.227. The van der Waals surface area contributed by atoms with E-state index < -0.39 is 0 Å². The van der Waals surface area contributed by atoms with Crippen molar-refractivity contribution in [2.24, 2.45) is 5.92 Å². The van der Waals surface area contributed by atoms with Crippen molar-refractivity contribution in [3.63, 3.8) is 0 Å². The molecule has 1 aromatic rings. The predicted molar refractivity (Wildman–Crippen MR) is 79.8 cm³/mol. The molecule has 0 saturated heterocycles. The van der Waals surface area contributed by atoms with Crippen molar-refractivity contribution >= 4 is 23.2 Å². The fraction of sp³-hybridized carbons (Fsp3) is 0.467. The van der Waals surface area contributed by atoms with Gasteiger partial charge in [0.25, 0.3) is 0 Å². The lowest BCUT2D eigenvalue weighted by atomic mass is 10.2. The quantitative estimate of drug-likeness (QED) is 0.907. The number of halogens is 1. The number of nitrogens with zero attached hydrogens (tertiary/aromatic N) is 2. The molecule has 0 aromatic heterocycles. The molecule has 0 bridgehead atoms. The van der Waals surface area contributed by atoms with Crippen LogP contribution in [0, 0.1) is 17.2 Å². The minimum Gasteiger partial charge on any atom is -0.314 e. The van der Waals surface area contributed by atoms with E-state index in [4.69, 9.17) is 16.9 Å². The Morgan fingerprint density at radius 2 is 2.30 bits per heavy atom. The predicted octanol–water partition coefficient (Wildman–Crippen LogP) is 2.56. The van der Waals surface area contributed by atoms with Crippen molar-refractivity contribution in [1.82, 2.24) is 5.32 Å². The number of carbonyl (C=O) groups excluding carboxylic acids is 1. The van der Waals surface area contributed by atoms with Gasteiger partial charge in [-0.25, -0.2) is 0 Å². The Kier molecular flexibility index (Phi) is 4.64. The van der Waals surface area contributed by atoms with Crippen LogP contribution in [0.5, 0.6) is 0 Å². The van der Waals surface area contributed by atoms with Gasteiger partial charge >= 0.3 is 0 Å². The number of nitrogens with one attached hydrogen (secondary N) is 1. The molecule has 1 amide bonds. The van der Waals surface area contributed by atoms with Crippen molar-refractivity contribution in [3.8, 4) is 6.07 Å². The number of hydrogen-bond donors (Lipinski definition) is 1. The lowest BCUT2D eigenvalue weighted by molar-refractivity contribution is -0.119. The first kappa shape index (κ1) is 14.8. The molecule has 1 aliphatic rings. The number of benzene rings is 1. The van der Waals surface area contributed by atoms with Crippen LogP contribution in [0.25, 0.3) is 0 Å². The maximum atomic E-state index is 12.3. The molecule has 0 spiro atoms. The molecule has 0 radical (unpaired) electrons. The summed E-state index contributed by atoms with van der Waals surface area (Å²) in [5.41, 5.74) is 1.11. The second-order valence-corrected chi connectivity index (χ2v) is 5.65. The zero-order valence-corrected chi connectivity index (χ0v) is 12.4. The van der Waals surface area contributed by atoms with E-state index in [0.29, 0.717) is 16.3 Å². The van der Waals surface area contributed by atoms with E-state index >= 15 is 0 Å². The van der Waals surface area contributed by atoms with Crippen molar-refractivity contribution in [2.75, 3.05) is 18.5 Å². The molecule has 5 heteroatoms. The molecule has 4 nitrogen and oxygen atoms in total. The molecule has 1 fully saturated rings. The smallest absolute Gasteiger partial charge is 0.243 e. The molecular weight excluding hydrogens is 274 g/mol. The van der Waals surface area contributed by atoms with Crippen molar-refractivity contribution in [2.45, 2.75) is 25.8 Å². The fourth-order valence-electron chi connectivity index (χ4n) is 1.97. The fourth-order valence-corrected chi connectivity index (χ4v) is 2.19. The first-order valence-electron chi connectivity index (χ1n) is 6.73. The maximum absolute atomic E-state index is 12.3. The van der Waals surface area contributed by atoms with Gasteiger partial charge in [-0.1, -0.05) is 11.6 Å². The topological polar surface area (TPSA) is 56.1 Å². The average molecular weight is 292 g/mol. The largest absolute Gasteiger partial charge is 0.314 e. The highest BCUT2D eigenvalue weighted by Crippen LogP contribution is 2.28. The van der Waals surface area contributed by atoms with E-state index in [1.165, 1.54) is 12.8 Å². The Bertz CT molecular complexity index is 549. The zero-order valence-electron chi connectivity index (χ0n) is 11.7. The number of carbonyl (C=O) groups is 1. The van der Waals surface area contributed by atoms with Gasteiger partial charge in [-0.2, -0.15) is 5.26 Å². The minimum absolute atomic E-state index is 0.00794. The molecule has 0 heterocycles. The van der Waals surface area contributed by atoms with E-state index in [1.54, 1.807) is 30.1 Å². The van der Waals surface area contributed by atoms with E-state index in [1.807, 2.05) is 13.0 Å². The summed E-state index contributed by atoms with van der Waals surface area (Å²) in [7, 11) is 1.72. The molecular formula is C15H18ClN3O. The van der Waals surface area contributed by atoms with Crippen LogP contribution in [-0.2, 0) is 4.79 Å². The van der Waals surface area contributed by atoms with E-state index in [2.05, 4.69) is 5.32 Å². The van der Waals surface area contributed by atoms with Crippen LogP contribution in [0.4, 0.5) is 5.69 Å². The summed E-state index contributed by atoms with van der Waals surface area (Å²) in [6.07, 6.45) is 2.52. The lowest BCUT2D eigenvalue weighted by Gasteiger charge is -2.22. The number of nitriles is 1. The Morgan fingerprint density at radius 1 is 1.60 bits per heavy atom. The number of hydrogen-bond acceptors (Lipinski definition) is 3. The van der Waals surface area contributed by atoms with Gasteiger partial charge in [0.2, 0.25) is 5.91 Å². The third-order valence-electron chi connectivity index (χ3n) is 3.57. The van der Waals surface area contributed by atoms with Crippen LogP contribution in [0.3, 0.4) is 0 Å². The van der Waals surface area contributed by atoms with Gasteiger partial charge in [0.1, 0.15) is 6.07 Å². The Morgan fingerprint density at radius 3 is 2.85 bits per heavy atom. The number of rotatable bonds is 5. The standard InChI is InChI=1S/C15H18ClN3O/c1-10(18-9-11-3-4-11)15(20)19(2)13-6-5-12(8-17)14(16)7-13/h5-7,10-11,18H,3-4,9H2,1-2H3/t10-/m0/s1. The Labute approximate surface area is 124 Å². The van der Waals surface area contributed by atoms with Gasteiger partial charge < -0.3 is 10.2 Å². The first-order valence-corrected chi connectivity index (χ1v) is 7.11. The summed E-state index contributed by atoms with van der Waals surface area (Å²) in [6, 6.07) is 6.78. The van der Waals surface area contributed by atoms with E-state index in [9.17, 15) is 4.79 Å². The van der Waals surface area contributed by atoms with Gasteiger partial charge in [0.05, 0.1) is 16.6 Å². The summed E-state index contributed by atoms with van der Waals surface area (Å²) in [4.78, 5) is 13.9. The number of anilines is 1. The van der Waals surface area contributed by atoms with Crippen LogP contribution in [-0.4, -0.2) is 25.5 Å². The molecule has 1 aromatic carbocycles. The molecule has 1 aliphatic carbocycles. The van der Waals surface area contributed by atoms with Gasteiger partial charge in [0, 0.05) is 12.7 Å². The van der Waals surface area contributed by atoms with Crippen molar-refractivity contribution in [1.29, 1.82) is 5.26 Å². The second-order valence-electron chi connectivity index (χ2n) is 5.25. The van der Waals surface area contributed by atoms with E-state index in [-0.39, 0.29) is 11.9 Å². The normalized spacial score (nSPS) is 15.5. The summed E-state index contributed by atoms with van der Waals surface area (Å²) in [5, 5.41) is 12.5. The molecule has 106 valence electrons. The summed E-state index contributed by atoms with van der Waals surface area (Å²) < 4.78 is 0. The van der Waals surface area contributed by atoms with Gasteiger partial charge in [-0.3, -0.25) is 4.79 Å². The Hall–Kier alpha value is -1.57. The zero-order chi connectivity index (χ0) is 14.7. The molecule has 2 rings (SSSR count). The van der Waals surface area contributed by atoms with Gasteiger partial charge in [-0.15, -0.1) is 0 Å². The molecule has 0 unspecified atom stereocenters. The monoisotopic (exact) mass is 291 g/mol. The van der Waals surface area contributed by atoms with Crippen molar-refractivity contribution < 1.29 is 4.79 Å². The second kappa shape index (κ2) is 6.25. The molecule has 20 heavy (non-hydrogen) atoms. The molecule has 1 atom stereocenters. The lowest BCUT2D eigenvalue weighted by Crippen LogP contribution is -2.43. The third-order valence-corrected chi connectivity index (χ3v) is 3.88. The van der Waals surface area contributed by atoms with Crippen LogP contribution in [0.1, 0.15) is 25.3 Å². The van der Waals surface area contributed by atoms with Crippen LogP contribution in [0.15, 0.2) is 18.2 Å². The highest BCUT2D eigenvalue weighted by Gasteiger charge is 2.24. The van der Waals surface area contributed by atoms with Gasteiger partial charge in [0.15, 0.2) is 0 Å². The summed E-state index contributed by atoms with van der Waals surface area (Å²) in [6.45, 7) is 2.77. The highest BCUT2D eigenvalue weighted by atomic mass is 35.5. The number of likely N-dealkylation sites (N-methyl/N-ethyl adjacent to an activating group) is 1. The van der Waals surface area contributed by atoms with Crippen LogP contribution in [0.2, 0.25) is 5.02 Å². The molecule has 1 saturated carbocycles. The highest BCUT2D eigenvalue weighted by molar-refractivity contribution is 6.32. The molecule has 1 N–H and O–H groups in total.